The Morgan fingerprint density at radius 3 is 2.15 bits per heavy atom. The van der Waals surface area contributed by atoms with Gasteiger partial charge < -0.3 is 10.0 Å². The predicted octanol–water partition coefficient (Wildman–Crippen LogP) is 2.01. The second-order valence-electron chi connectivity index (χ2n) is 7.24. The maximum Gasteiger partial charge on any atom is 0.310 e. The number of rotatable bonds is 5. The van der Waals surface area contributed by atoms with Crippen LogP contribution in [0.3, 0.4) is 0 Å². The van der Waals surface area contributed by atoms with Crippen molar-refractivity contribution in [2.75, 3.05) is 36.8 Å². The average molecular weight is 415 g/mol. The van der Waals surface area contributed by atoms with Gasteiger partial charge >= 0.3 is 5.97 Å². The van der Waals surface area contributed by atoms with E-state index >= 15 is 0 Å². The van der Waals surface area contributed by atoms with E-state index in [0.717, 1.165) is 5.69 Å². The molecule has 1 aliphatic heterocycles. The van der Waals surface area contributed by atoms with Gasteiger partial charge in [-0.15, -0.1) is 0 Å². The Balaban J connectivity index is 1.66. The number of piperazine rings is 1. The Bertz CT molecular complexity index is 807. The lowest BCUT2D eigenvalue weighted by Gasteiger charge is -2.38. The van der Waals surface area contributed by atoms with Crippen molar-refractivity contribution >= 4 is 39.1 Å². The monoisotopic (exact) mass is 414 g/mol. The fourth-order valence-electron chi connectivity index (χ4n) is 3.74. The van der Waals surface area contributed by atoms with Crippen LogP contribution in [0.2, 0.25) is 5.02 Å². The van der Waals surface area contributed by atoms with Crippen molar-refractivity contribution < 1.29 is 23.1 Å². The van der Waals surface area contributed by atoms with Crippen LogP contribution in [0.4, 0.5) is 5.69 Å². The summed E-state index contributed by atoms with van der Waals surface area (Å²) in [6.45, 7) is 1.66. The quantitative estimate of drug-likeness (QED) is 0.791. The van der Waals surface area contributed by atoms with E-state index in [1.807, 2.05) is 12.1 Å². The molecule has 148 valence electrons. The molecule has 2 fully saturated rings. The van der Waals surface area contributed by atoms with E-state index in [2.05, 4.69) is 4.90 Å². The second kappa shape index (κ2) is 7.77. The van der Waals surface area contributed by atoms with Crippen molar-refractivity contribution in [3.63, 3.8) is 0 Å². The highest BCUT2D eigenvalue weighted by Crippen LogP contribution is 2.37. The number of sulfonamides is 1. The van der Waals surface area contributed by atoms with Gasteiger partial charge in [0.05, 0.1) is 11.2 Å². The van der Waals surface area contributed by atoms with Crippen LogP contribution in [0.5, 0.6) is 0 Å². The number of Topliss-reactive ketones (excluding diaryl/α,β-unsaturated/α-hetero) is 1. The third-order valence-electron chi connectivity index (χ3n) is 5.50. The molecule has 3 rings (SSSR count). The van der Waals surface area contributed by atoms with E-state index in [0.29, 0.717) is 31.2 Å². The molecular formula is C18H23ClN2O5S. The molecule has 9 heteroatoms. The molecule has 0 atom stereocenters. The minimum atomic E-state index is -3.72. The number of ketones is 1. The Kier molecular flexibility index (Phi) is 5.79. The molecule has 0 bridgehead atoms. The lowest BCUT2D eigenvalue weighted by atomic mass is 9.75. The van der Waals surface area contributed by atoms with Crippen LogP contribution >= 0.6 is 11.6 Å². The number of aliphatic carboxylic acids is 1. The van der Waals surface area contributed by atoms with E-state index in [4.69, 9.17) is 11.6 Å². The highest BCUT2D eigenvalue weighted by atomic mass is 35.5. The van der Waals surface area contributed by atoms with Gasteiger partial charge in [0, 0.05) is 49.7 Å². The van der Waals surface area contributed by atoms with Crippen molar-refractivity contribution in [1.29, 1.82) is 0 Å². The summed E-state index contributed by atoms with van der Waals surface area (Å²) in [5.74, 6) is -1.57. The van der Waals surface area contributed by atoms with Crippen LogP contribution in [0, 0.1) is 5.41 Å². The summed E-state index contributed by atoms with van der Waals surface area (Å²) in [5.41, 5.74) is -0.385. The number of carbonyl (C=O) groups is 2. The molecule has 0 amide bonds. The first kappa shape index (κ1) is 20.1. The number of carboxylic acid groups (broad SMARTS) is 1. The van der Waals surface area contributed by atoms with E-state index in [1.165, 1.54) is 4.31 Å². The lowest BCUT2D eigenvalue weighted by Crippen LogP contribution is -2.52. The summed E-state index contributed by atoms with van der Waals surface area (Å²) in [6.07, 6.45) is 0.439. The van der Waals surface area contributed by atoms with Crippen LogP contribution < -0.4 is 4.90 Å². The van der Waals surface area contributed by atoms with Gasteiger partial charge in [0.15, 0.2) is 0 Å². The van der Waals surface area contributed by atoms with Crippen molar-refractivity contribution in [3.05, 3.63) is 29.3 Å². The van der Waals surface area contributed by atoms with Gasteiger partial charge in [0.25, 0.3) is 0 Å². The molecule has 0 unspecified atom stereocenters. The van der Waals surface area contributed by atoms with Crippen LogP contribution in [0.15, 0.2) is 24.3 Å². The minimum Gasteiger partial charge on any atom is -0.481 e. The lowest BCUT2D eigenvalue weighted by molar-refractivity contribution is -0.150. The largest absolute Gasteiger partial charge is 0.481 e. The van der Waals surface area contributed by atoms with Crippen molar-refractivity contribution in [2.24, 2.45) is 5.41 Å². The highest BCUT2D eigenvalue weighted by Gasteiger charge is 2.46. The number of carbonyl (C=O) groups excluding carboxylic acids is 1. The second-order valence-corrected chi connectivity index (χ2v) is 9.65. The Morgan fingerprint density at radius 1 is 1.07 bits per heavy atom. The summed E-state index contributed by atoms with van der Waals surface area (Å²) in [5, 5.41) is 10.3. The number of nitrogens with zero attached hydrogens (tertiary/aromatic N) is 2. The molecule has 2 aliphatic rings. The van der Waals surface area contributed by atoms with Crippen LogP contribution in [0.1, 0.15) is 25.7 Å². The van der Waals surface area contributed by atoms with Gasteiger partial charge in [-0.05, 0) is 37.1 Å². The summed E-state index contributed by atoms with van der Waals surface area (Å²) in [4.78, 5) is 25.3. The zero-order valence-electron chi connectivity index (χ0n) is 14.9. The van der Waals surface area contributed by atoms with E-state index in [1.54, 1.807) is 12.1 Å². The van der Waals surface area contributed by atoms with E-state index in [-0.39, 0.29) is 31.5 Å². The maximum atomic E-state index is 12.9. The van der Waals surface area contributed by atoms with Crippen molar-refractivity contribution in [1.82, 2.24) is 4.31 Å². The number of benzene rings is 1. The Hall–Kier alpha value is -1.64. The highest BCUT2D eigenvalue weighted by molar-refractivity contribution is 7.89. The molecule has 0 aromatic heterocycles. The van der Waals surface area contributed by atoms with Gasteiger partial charge in [-0.1, -0.05) is 11.6 Å². The molecule has 1 saturated heterocycles. The van der Waals surface area contributed by atoms with Gasteiger partial charge in [0.1, 0.15) is 5.78 Å². The molecular weight excluding hydrogens is 392 g/mol. The molecule has 1 N–H and O–H groups in total. The average Bonchev–Trinajstić information content (AvgIpc) is 2.64. The number of hydrogen-bond acceptors (Lipinski definition) is 5. The minimum absolute atomic E-state index is 0.000789. The molecule has 1 aromatic carbocycles. The zero-order valence-corrected chi connectivity index (χ0v) is 16.5. The molecule has 1 aliphatic carbocycles. The molecule has 27 heavy (non-hydrogen) atoms. The Morgan fingerprint density at radius 2 is 1.63 bits per heavy atom. The Labute approximate surface area is 164 Å². The summed E-state index contributed by atoms with van der Waals surface area (Å²) in [6, 6.07) is 7.37. The third-order valence-corrected chi connectivity index (χ3v) is 7.82. The summed E-state index contributed by atoms with van der Waals surface area (Å²) >= 11 is 5.90. The standard InChI is InChI=1S/C18H23ClN2O5S/c19-14-1-3-15(4-2-14)20-9-11-21(12-10-20)27(25,26)13-18(17(23)24)7-5-16(22)6-8-18/h1-4H,5-13H2,(H,23,24). The van der Waals surface area contributed by atoms with Gasteiger partial charge in [-0.2, -0.15) is 4.31 Å². The topological polar surface area (TPSA) is 95.0 Å². The number of hydrogen-bond donors (Lipinski definition) is 1. The van der Waals surface area contributed by atoms with Crippen molar-refractivity contribution in [2.45, 2.75) is 25.7 Å². The first-order chi connectivity index (χ1) is 12.7. The van der Waals surface area contributed by atoms with Gasteiger partial charge in [0.2, 0.25) is 10.0 Å². The van der Waals surface area contributed by atoms with Gasteiger partial charge in [-0.3, -0.25) is 9.59 Å². The summed E-state index contributed by atoms with van der Waals surface area (Å²) < 4.78 is 27.1. The number of halogens is 1. The van der Waals surface area contributed by atoms with Crippen LogP contribution in [0.25, 0.3) is 0 Å². The number of anilines is 1. The van der Waals surface area contributed by atoms with Crippen molar-refractivity contribution in [3.8, 4) is 0 Å². The molecule has 0 spiro atoms. The summed E-state index contributed by atoms with van der Waals surface area (Å²) in [7, 11) is -3.72. The van der Waals surface area contributed by atoms with Gasteiger partial charge in [-0.25, -0.2) is 8.42 Å². The first-order valence-electron chi connectivity index (χ1n) is 8.95. The molecule has 7 nitrogen and oxygen atoms in total. The van der Waals surface area contributed by atoms with E-state index < -0.39 is 27.2 Å². The SMILES string of the molecule is O=C1CCC(CS(=O)(=O)N2CCN(c3ccc(Cl)cc3)CC2)(C(=O)O)CC1. The molecule has 1 heterocycles. The van der Waals surface area contributed by atoms with E-state index in [9.17, 15) is 23.1 Å². The smallest absolute Gasteiger partial charge is 0.310 e. The molecule has 1 aromatic rings. The predicted molar refractivity (Wildman–Crippen MR) is 103 cm³/mol. The number of carboxylic acids is 1. The van der Waals surface area contributed by atoms with Crippen LogP contribution in [-0.2, 0) is 19.6 Å². The molecule has 0 radical (unpaired) electrons. The first-order valence-corrected chi connectivity index (χ1v) is 10.9. The maximum absolute atomic E-state index is 12.9. The third kappa shape index (κ3) is 4.44. The fraction of sp³-hybridized carbons (Fsp3) is 0.556. The molecule has 1 saturated carbocycles. The van der Waals surface area contributed by atoms with Crippen LogP contribution in [-0.4, -0.2) is 61.5 Å². The zero-order chi connectivity index (χ0) is 19.7. The fourth-order valence-corrected chi connectivity index (χ4v) is 5.88. The normalized spacial score (nSPS) is 21.2.